The molecule has 2 aromatic rings. The van der Waals surface area contributed by atoms with Crippen LogP contribution in [0.15, 0.2) is 41.4 Å². The van der Waals surface area contributed by atoms with Gasteiger partial charge in [0, 0.05) is 18.7 Å². The van der Waals surface area contributed by atoms with E-state index in [-0.39, 0.29) is 24.6 Å². The number of benzene rings is 2. The summed E-state index contributed by atoms with van der Waals surface area (Å²) in [5.41, 5.74) is -0.766. The van der Waals surface area contributed by atoms with Crippen molar-refractivity contribution >= 4 is 5.96 Å². The number of aliphatic imine (C=N–C) groups is 1. The maximum atomic E-state index is 13.3. The zero-order valence-electron chi connectivity index (χ0n) is 17.4. The van der Waals surface area contributed by atoms with E-state index in [1.54, 1.807) is 25.1 Å². The second-order valence-corrected chi connectivity index (χ2v) is 6.50. The minimum absolute atomic E-state index is 0.00487. The van der Waals surface area contributed by atoms with Gasteiger partial charge in [0.1, 0.15) is 17.3 Å². The topological polar surface area (TPSA) is 75.1 Å². The van der Waals surface area contributed by atoms with Crippen LogP contribution < -0.4 is 20.1 Å². The summed E-state index contributed by atoms with van der Waals surface area (Å²) in [5.74, 6) is 0.214. The van der Waals surface area contributed by atoms with E-state index in [9.17, 15) is 22.7 Å². The third-order valence-corrected chi connectivity index (χ3v) is 4.39. The van der Waals surface area contributed by atoms with Crippen LogP contribution in [0.1, 0.15) is 29.7 Å². The molecule has 6 nitrogen and oxygen atoms in total. The van der Waals surface area contributed by atoms with E-state index in [0.717, 1.165) is 12.1 Å². The van der Waals surface area contributed by atoms with Crippen molar-refractivity contribution in [3.8, 4) is 11.5 Å². The van der Waals surface area contributed by atoms with Crippen LogP contribution in [-0.4, -0.2) is 38.4 Å². The molecule has 2 rings (SSSR count). The van der Waals surface area contributed by atoms with E-state index in [0.29, 0.717) is 29.7 Å². The molecule has 0 aliphatic carbocycles. The van der Waals surface area contributed by atoms with E-state index >= 15 is 0 Å². The van der Waals surface area contributed by atoms with Gasteiger partial charge in [0.05, 0.1) is 32.4 Å². The Morgan fingerprint density at radius 1 is 1.10 bits per heavy atom. The maximum Gasteiger partial charge on any atom is 0.416 e. The predicted octanol–water partition coefficient (Wildman–Crippen LogP) is 3.65. The molecule has 10 heteroatoms. The molecule has 2 aromatic carbocycles. The van der Waals surface area contributed by atoms with Gasteiger partial charge in [-0.2, -0.15) is 13.2 Å². The van der Waals surface area contributed by atoms with Gasteiger partial charge in [-0.15, -0.1) is 0 Å². The molecular weight excluding hydrogens is 418 g/mol. The number of rotatable bonds is 8. The largest absolute Gasteiger partial charge is 0.497 e. The Hall–Kier alpha value is -3.01. The molecule has 0 aromatic heterocycles. The Balaban J connectivity index is 2.16. The van der Waals surface area contributed by atoms with Gasteiger partial charge in [-0.05, 0) is 42.8 Å². The van der Waals surface area contributed by atoms with Gasteiger partial charge in [-0.3, -0.25) is 0 Å². The van der Waals surface area contributed by atoms with Crippen molar-refractivity contribution in [2.75, 3.05) is 27.3 Å². The van der Waals surface area contributed by atoms with E-state index < -0.39 is 23.7 Å². The molecule has 0 radical (unpaired) electrons. The molecule has 0 aliphatic heterocycles. The lowest BCUT2D eigenvalue weighted by atomic mass is 10.1. The number of methoxy groups -OCH3 is 2. The molecule has 0 heterocycles. The van der Waals surface area contributed by atoms with Gasteiger partial charge in [0.2, 0.25) is 0 Å². The van der Waals surface area contributed by atoms with Crippen molar-refractivity contribution in [3.63, 3.8) is 0 Å². The molecule has 1 atom stereocenters. The number of ether oxygens (including phenoxy) is 2. The van der Waals surface area contributed by atoms with Crippen molar-refractivity contribution in [1.82, 2.24) is 10.6 Å². The average molecular weight is 443 g/mol. The van der Waals surface area contributed by atoms with Crippen LogP contribution in [0.3, 0.4) is 0 Å². The number of halogens is 4. The first-order valence-corrected chi connectivity index (χ1v) is 9.47. The Labute approximate surface area is 177 Å². The molecule has 0 saturated carbocycles. The normalized spacial score (nSPS) is 13.0. The number of nitrogens with one attached hydrogen (secondary N) is 2. The quantitative estimate of drug-likeness (QED) is 0.330. The van der Waals surface area contributed by atoms with E-state index in [2.05, 4.69) is 15.6 Å². The highest BCUT2D eigenvalue weighted by Crippen LogP contribution is 2.33. The highest BCUT2D eigenvalue weighted by atomic mass is 19.4. The molecule has 0 aliphatic rings. The van der Waals surface area contributed by atoms with Gasteiger partial charge < -0.3 is 25.2 Å². The number of hydrogen-bond acceptors (Lipinski definition) is 4. The van der Waals surface area contributed by atoms with E-state index in [4.69, 9.17) is 9.47 Å². The SMILES string of the molecule is CCNC(=NCc1ccc(F)cc1C(F)(F)F)NCC(O)c1cc(OC)ccc1OC. The number of nitrogens with zero attached hydrogens (tertiary/aromatic N) is 1. The Morgan fingerprint density at radius 3 is 2.45 bits per heavy atom. The van der Waals surface area contributed by atoms with Crippen LogP contribution in [0, 0.1) is 5.82 Å². The molecule has 170 valence electrons. The summed E-state index contributed by atoms with van der Waals surface area (Å²) < 4.78 is 63.2. The van der Waals surface area contributed by atoms with Crippen molar-refractivity contribution in [1.29, 1.82) is 0 Å². The number of alkyl halides is 3. The first kappa shape index (κ1) is 24.3. The smallest absolute Gasteiger partial charge is 0.416 e. The first-order chi connectivity index (χ1) is 14.7. The summed E-state index contributed by atoms with van der Waals surface area (Å²) in [5, 5.41) is 16.3. The summed E-state index contributed by atoms with van der Waals surface area (Å²) in [7, 11) is 2.97. The zero-order valence-corrected chi connectivity index (χ0v) is 17.4. The summed E-state index contributed by atoms with van der Waals surface area (Å²) in [6.45, 7) is 1.91. The minimum atomic E-state index is -4.70. The number of aliphatic hydroxyl groups is 1. The highest BCUT2D eigenvalue weighted by molar-refractivity contribution is 5.79. The van der Waals surface area contributed by atoms with E-state index in [1.165, 1.54) is 14.2 Å². The standard InChI is InChI=1S/C21H25F4N3O3/c1-4-26-20(27-11-13-5-6-14(22)9-17(13)21(23,24)25)28-12-18(29)16-10-15(30-2)7-8-19(16)31-3/h5-10,18,29H,4,11-12H2,1-3H3,(H2,26,27,28). The first-order valence-electron chi connectivity index (χ1n) is 9.47. The predicted molar refractivity (Wildman–Crippen MR) is 109 cm³/mol. The molecule has 3 N–H and O–H groups in total. The van der Waals surface area contributed by atoms with Crippen molar-refractivity contribution in [2.24, 2.45) is 4.99 Å². The lowest BCUT2D eigenvalue weighted by Gasteiger charge is -2.18. The van der Waals surface area contributed by atoms with Crippen molar-refractivity contribution < 1.29 is 32.1 Å². The molecular formula is C21H25F4N3O3. The third kappa shape index (κ3) is 6.74. The Morgan fingerprint density at radius 2 is 1.84 bits per heavy atom. The molecule has 0 bridgehead atoms. The molecule has 0 spiro atoms. The van der Waals surface area contributed by atoms with Crippen LogP contribution in [0.4, 0.5) is 17.6 Å². The number of guanidine groups is 1. The summed E-state index contributed by atoms with van der Waals surface area (Å²) in [6, 6.07) is 7.44. The molecule has 0 amide bonds. The minimum Gasteiger partial charge on any atom is -0.497 e. The molecule has 1 unspecified atom stereocenters. The lowest BCUT2D eigenvalue weighted by Crippen LogP contribution is -2.39. The van der Waals surface area contributed by atoms with Crippen LogP contribution in [-0.2, 0) is 12.7 Å². The molecule has 31 heavy (non-hydrogen) atoms. The maximum absolute atomic E-state index is 13.3. The zero-order chi connectivity index (χ0) is 23.0. The van der Waals surface area contributed by atoms with Crippen LogP contribution in [0.2, 0.25) is 0 Å². The van der Waals surface area contributed by atoms with Crippen LogP contribution >= 0.6 is 0 Å². The van der Waals surface area contributed by atoms with Crippen molar-refractivity contribution in [2.45, 2.75) is 25.7 Å². The number of aliphatic hydroxyl groups excluding tert-OH is 1. The van der Waals surface area contributed by atoms with Gasteiger partial charge in [0.15, 0.2) is 5.96 Å². The van der Waals surface area contributed by atoms with Gasteiger partial charge in [0.25, 0.3) is 0 Å². The van der Waals surface area contributed by atoms with Gasteiger partial charge in [-0.25, -0.2) is 9.38 Å². The molecule has 0 saturated heterocycles. The lowest BCUT2D eigenvalue weighted by molar-refractivity contribution is -0.138. The summed E-state index contributed by atoms with van der Waals surface area (Å²) >= 11 is 0. The monoisotopic (exact) mass is 443 g/mol. The fourth-order valence-corrected chi connectivity index (χ4v) is 2.86. The summed E-state index contributed by atoms with van der Waals surface area (Å²) in [6.07, 6.45) is -5.71. The second-order valence-electron chi connectivity index (χ2n) is 6.50. The van der Waals surface area contributed by atoms with Crippen molar-refractivity contribution in [3.05, 3.63) is 58.9 Å². The Bertz CT molecular complexity index is 904. The summed E-state index contributed by atoms with van der Waals surface area (Å²) in [4.78, 5) is 4.13. The average Bonchev–Trinajstić information content (AvgIpc) is 2.74. The number of hydrogen-bond donors (Lipinski definition) is 3. The fourth-order valence-electron chi connectivity index (χ4n) is 2.86. The third-order valence-electron chi connectivity index (χ3n) is 4.39. The fraction of sp³-hybridized carbons (Fsp3) is 0.381. The Kier molecular flexibility index (Phi) is 8.49. The van der Waals surface area contributed by atoms with E-state index in [1.807, 2.05) is 0 Å². The van der Waals surface area contributed by atoms with Crippen LogP contribution in [0.25, 0.3) is 0 Å². The second kappa shape index (κ2) is 10.9. The van der Waals surface area contributed by atoms with Crippen LogP contribution in [0.5, 0.6) is 11.5 Å². The highest BCUT2D eigenvalue weighted by Gasteiger charge is 2.33. The van der Waals surface area contributed by atoms with Gasteiger partial charge >= 0.3 is 6.18 Å². The molecule has 0 fully saturated rings. The van der Waals surface area contributed by atoms with Gasteiger partial charge in [-0.1, -0.05) is 6.07 Å².